The molecular weight excluding hydrogens is 205 g/mol. The van der Waals surface area contributed by atoms with Gasteiger partial charge in [0.15, 0.2) is 0 Å². The van der Waals surface area contributed by atoms with Gasteiger partial charge in [-0.1, -0.05) is 23.2 Å². The summed E-state index contributed by atoms with van der Waals surface area (Å²) in [7, 11) is 0. The van der Waals surface area contributed by atoms with Crippen molar-refractivity contribution < 1.29 is 0 Å². The van der Waals surface area contributed by atoms with E-state index in [1.165, 1.54) is 0 Å². The number of rotatable bonds is 3. The Kier molecular flexibility index (Phi) is 3.76. The van der Waals surface area contributed by atoms with Crippen molar-refractivity contribution in [3.8, 4) is 0 Å². The molecule has 0 aliphatic heterocycles. The van der Waals surface area contributed by atoms with Crippen LogP contribution in [0.2, 0.25) is 10.0 Å². The molecular formula is C10H11Cl2N. The summed E-state index contributed by atoms with van der Waals surface area (Å²) in [4.78, 5) is 3.91. The summed E-state index contributed by atoms with van der Waals surface area (Å²) in [5.41, 5.74) is 1.09. The maximum atomic E-state index is 5.85. The summed E-state index contributed by atoms with van der Waals surface area (Å²) in [6, 6.07) is 5.72. The van der Waals surface area contributed by atoms with Gasteiger partial charge in [-0.2, -0.15) is 0 Å². The van der Waals surface area contributed by atoms with E-state index in [0.717, 1.165) is 12.0 Å². The molecule has 13 heavy (non-hydrogen) atoms. The van der Waals surface area contributed by atoms with Crippen LogP contribution in [0.4, 0.5) is 0 Å². The van der Waals surface area contributed by atoms with Gasteiger partial charge in [-0.05, 0) is 43.8 Å². The molecule has 0 amide bonds. The molecule has 0 heterocycles. The highest BCUT2D eigenvalue weighted by atomic mass is 35.5. The maximum absolute atomic E-state index is 5.85. The highest BCUT2D eigenvalue weighted by molar-refractivity contribution is 6.34. The van der Waals surface area contributed by atoms with Crippen LogP contribution in [0.25, 0.3) is 0 Å². The van der Waals surface area contributed by atoms with Crippen LogP contribution in [0, 0.1) is 0 Å². The molecule has 1 atom stereocenters. The predicted molar refractivity (Wildman–Crippen MR) is 59.2 cm³/mol. The zero-order valence-electron chi connectivity index (χ0n) is 7.43. The standard InChI is InChI=1S/C10H11Cl2N/c1-7(13-2)3-8-4-9(11)6-10(12)5-8/h4-7H,2-3H2,1H3. The van der Waals surface area contributed by atoms with Gasteiger partial charge in [-0.25, -0.2) is 0 Å². The van der Waals surface area contributed by atoms with Crippen LogP contribution in [-0.4, -0.2) is 12.8 Å². The largest absolute Gasteiger partial charge is 0.298 e. The van der Waals surface area contributed by atoms with E-state index >= 15 is 0 Å². The minimum Gasteiger partial charge on any atom is -0.298 e. The summed E-state index contributed by atoms with van der Waals surface area (Å²) >= 11 is 11.7. The maximum Gasteiger partial charge on any atom is 0.0504 e. The third-order valence-corrected chi connectivity index (χ3v) is 2.20. The van der Waals surface area contributed by atoms with Crippen molar-refractivity contribution in [1.82, 2.24) is 0 Å². The molecule has 0 fully saturated rings. The number of aliphatic imine (C=N–C) groups is 1. The van der Waals surface area contributed by atoms with Gasteiger partial charge in [-0.3, -0.25) is 4.99 Å². The molecule has 0 saturated heterocycles. The van der Waals surface area contributed by atoms with E-state index in [-0.39, 0.29) is 6.04 Å². The summed E-state index contributed by atoms with van der Waals surface area (Å²) in [6.07, 6.45) is 0.823. The molecule has 0 N–H and O–H groups in total. The minimum absolute atomic E-state index is 0.203. The first kappa shape index (κ1) is 10.6. The van der Waals surface area contributed by atoms with E-state index in [9.17, 15) is 0 Å². The van der Waals surface area contributed by atoms with E-state index < -0.39 is 0 Å². The molecule has 0 bridgehead atoms. The Bertz CT molecular complexity index is 290. The van der Waals surface area contributed by atoms with Crippen LogP contribution in [-0.2, 0) is 6.42 Å². The third-order valence-electron chi connectivity index (χ3n) is 1.77. The van der Waals surface area contributed by atoms with Gasteiger partial charge < -0.3 is 0 Å². The average molecular weight is 216 g/mol. The third kappa shape index (κ3) is 3.37. The number of hydrogen-bond donors (Lipinski definition) is 0. The molecule has 3 heteroatoms. The van der Waals surface area contributed by atoms with E-state index in [1.54, 1.807) is 6.07 Å². The monoisotopic (exact) mass is 215 g/mol. The van der Waals surface area contributed by atoms with Gasteiger partial charge in [0.1, 0.15) is 0 Å². The van der Waals surface area contributed by atoms with Gasteiger partial charge in [0.05, 0.1) is 6.04 Å². The Labute approximate surface area is 88.4 Å². The molecule has 70 valence electrons. The highest BCUT2D eigenvalue weighted by Crippen LogP contribution is 2.20. The van der Waals surface area contributed by atoms with Gasteiger partial charge >= 0.3 is 0 Å². The molecule has 0 aromatic heterocycles. The summed E-state index contributed by atoms with van der Waals surface area (Å²) in [5.74, 6) is 0. The summed E-state index contributed by atoms with van der Waals surface area (Å²) in [5, 5.41) is 1.33. The van der Waals surface area contributed by atoms with Crippen LogP contribution in [0.3, 0.4) is 0 Å². The van der Waals surface area contributed by atoms with E-state index in [0.29, 0.717) is 10.0 Å². The van der Waals surface area contributed by atoms with Crippen molar-refractivity contribution in [2.24, 2.45) is 4.99 Å². The normalized spacial score (nSPS) is 12.5. The second-order valence-electron chi connectivity index (χ2n) is 3.01. The van der Waals surface area contributed by atoms with E-state index in [2.05, 4.69) is 11.7 Å². The fourth-order valence-electron chi connectivity index (χ4n) is 1.13. The summed E-state index contributed by atoms with van der Waals surface area (Å²) < 4.78 is 0. The second-order valence-corrected chi connectivity index (χ2v) is 3.89. The molecule has 1 nitrogen and oxygen atoms in total. The van der Waals surface area contributed by atoms with Crippen LogP contribution < -0.4 is 0 Å². The number of halogens is 2. The van der Waals surface area contributed by atoms with Gasteiger partial charge in [-0.15, -0.1) is 0 Å². The Balaban J connectivity index is 2.82. The van der Waals surface area contributed by atoms with Crippen molar-refractivity contribution in [2.45, 2.75) is 19.4 Å². The molecule has 0 aliphatic rings. The first-order chi connectivity index (χ1) is 6.11. The zero-order valence-corrected chi connectivity index (χ0v) is 8.94. The fourth-order valence-corrected chi connectivity index (χ4v) is 1.71. The van der Waals surface area contributed by atoms with Crippen molar-refractivity contribution in [2.75, 3.05) is 0 Å². The number of nitrogens with zero attached hydrogens (tertiary/aromatic N) is 1. The Morgan fingerprint density at radius 3 is 2.31 bits per heavy atom. The lowest BCUT2D eigenvalue weighted by molar-refractivity contribution is 0.746. The zero-order chi connectivity index (χ0) is 9.84. The molecule has 1 aromatic carbocycles. The Morgan fingerprint density at radius 2 is 1.85 bits per heavy atom. The lowest BCUT2D eigenvalue weighted by atomic mass is 10.1. The number of hydrogen-bond acceptors (Lipinski definition) is 1. The minimum atomic E-state index is 0.203. The molecule has 0 aliphatic carbocycles. The lowest BCUT2D eigenvalue weighted by Gasteiger charge is -2.06. The quantitative estimate of drug-likeness (QED) is 0.684. The van der Waals surface area contributed by atoms with Crippen molar-refractivity contribution in [1.29, 1.82) is 0 Å². The average Bonchev–Trinajstić information content (AvgIpc) is 2.02. The topological polar surface area (TPSA) is 12.4 Å². The highest BCUT2D eigenvalue weighted by Gasteiger charge is 2.02. The number of benzene rings is 1. The summed E-state index contributed by atoms with van der Waals surface area (Å²) in [6.45, 7) is 5.49. The lowest BCUT2D eigenvalue weighted by Crippen LogP contribution is -2.01. The van der Waals surface area contributed by atoms with E-state index in [4.69, 9.17) is 23.2 Å². The first-order valence-corrected chi connectivity index (χ1v) is 4.78. The van der Waals surface area contributed by atoms with Crippen LogP contribution in [0.15, 0.2) is 23.2 Å². The van der Waals surface area contributed by atoms with E-state index in [1.807, 2.05) is 19.1 Å². The van der Waals surface area contributed by atoms with Crippen LogP contribution >= 0.6 is 23.2 Å². The fraction of sp³-hybridized carbons (Fsp3) is 0.300. The Morgan fingerprint density at radius 1 is 1.31 bits per heavy atom. The van der Waals surface area contributed by atoms with Crippen molar-refractivity contribution >= 4 is 29.9 Å². The molecule has 1 unspecified atom stereocenters. The van der Waals surface area contributed by atoms with Crippen molar-refractivity contribution in [3.05, 3.63) is 33.8 Å². The molecule has 0 saturated carbocycles. The predicted octanol–water partition coefficient (Wildman–Crippen LogP) is 3.63. The Hall–Kier alpha value is -0.530. The van der Waals surface area contributed by atoms with Crippen LogP contribution in [0.1, 0.15) is 12.5 Å². The molecule has 0 radical (unpaired) electrons. The van der Waals surface area contributed by atoms with Gasteiger partial charge in [0, 0.05) is 10.0 Å². The van der Waals surface area contributed by atoms with Crippen LogP contribution in [0.5, 0.6) is 0 Å². The molecule has 1 aromatic rings. The molecule has 0 spiro atoms. The second kappa shape index (κ2) is 4.64. The van der Waals surface area contributed by atoms with Gasteiger partial charge in [0.25, 0.3) is 0 Å². The first-order valence-electron chi connectivity index (χ1n) is 4.02. The smallest absolute Gasteiger partial charge is 0.0504 e. The molecule has 1 rings (SSSR count). The van der Waals surface area contributed by atoms with Crippen molar-refractivity contribution in [3.63, 3.8) is 0 Å². The SMILES string of the molecule is C=NC(C)Cc1cc(Cl)cc(Cl)c1. The van der Waals surface area contributed by atoms with Gasteiger partial charge in [0.2, 0.25) is 0 Å².